The topological polar surface area (TPSA) is 58.4 Å². The minimum atomic E-state index is 0.124. The van der Waals surface area contributed by atoms with Gasteiger partial charge in [-0.15, -0.1) is 0 Å². The van der Waals surface area contributed by atoms with Gasteiger partial charge in [0, 0.05) is 18.6 Å². The predicted octanol–water partition coefficient (Wildman–Crippen LogP) is 0.324. The molecule has 4 nitrogen and oxygen atoms in total. The van der Waals surface area contributed by atoms with Gasteiger partial charge in [-0.05, 0) is 32.7 Å². The number of carbonyl (C=O) groups is 1. The second-order valence-electron chi connectivity index (χ2n) is 4.51. The number of hydrogen-bond acceptors (Lipinski definition) is 3. The lowest BCUT2D eigenvalue weighted by Crippen LogP contribution is -2.48. The average Bonchev–Trinajstić information content (AvgIpc) is 2.17. The molecule has 4 heteroatoms. The van der Waals surface area contributed by atoms with Crippen molar-refractivity contribution in [3.63, 3.8) is 0 Å². The lowest BCUT2D eigenvalue weighted by Gasteiger charge is -2.30. The number of likely N-dealkylation sites (tertiary alicyclic amines) is 1. The Hall–Kier alpha value is -0.610. The monoisotopic (exact) mass is 213 g/mol. The molecule has 1 fully saturated rings. The summed E-state index contributed by atoms with van der Waals surface area (Å²) in [6.45, 7) is 6.45. The molecule has 1 amide bonds. The molecule has 0 aromatic carbocycles. The fraction of sp³-hybridized carbons (Fsp3) is 0.909. The van der Waals surface area contributed by atoms with Crippen LogP contribution in [0.15, 0.2) is 0 Å². The van der Waals surface area contributed by atoms with Gasteiger partial charge >= 0.3 is 0 Å². The summed E-state index contributed by atoms with van der Waals surface area (Å²) in [5.41, 5.74) is 5.85. The fourth-order valence-corrected chi connectivity index (χ4v) is 1.86. The van der Waals surface area contributed by atoms with Gasteiger partial charge in [0.25, 0.3) is 0 Å². The molecule has 0 aromatic rings. The van der Waals surface area contributed by atoms with Crippen molar-refractivity contribution in [1.82, 2.24) is 10.2 Å². The number of carbonyl (C=O) groups excluding carboxylic acids is 1. The highest BCUT2D eigenvalue weighted by atomic mass is 16.2. The van der Waals surface area contributed by atoms with Crippen LogP contribution in [0.2, 0.25) is 0 Å². The number of hydrogen-bond donors (Lipinski definition) is 2. The van der Waals surface area contributed by atoms with Crippen LogP contribution in [0.3, 0.4) is 0 Å². The molecular formula is C11H23N3O. The van der Waals surface area contributed by atoms with E-state index >= 15 is 0 Å². The zero-order chi connectivity index (χ0) is 11.3. The Bertz CT molecular complexity index is 208. The molecule has 1 heterocycles. The Morgan fingerprint density at radius 2 is 2.40 bits per heavy atom. The lowest BCUT2D eigenvalue weighted by molar-refractivity contribution is -0.123. The molecule has 2 atom stereocenters. The molecule has 1 rings (SSSR count). The van der Waals surface area contributed by atoms with Crippen LogP contribution in [0.25, 0.3) is 0 Å². The van der Waals surface area contributed by atoms with Gasteiger partial charge in [0.1, 0.15) is 0 Å². The van der Waals surface area contributed by atoms with Crippen LogP contribution in [0.5, 0.6) is 0 Å². The van der Waals surface area contributed by atoms with E-state index in [1.807, 2.05) is 6.92 Å². The minimum Gasteiger partial charge on any atom is -0.353 e. The first-order valence-corrected chi connectivity index (χ1v) is 5.89. The number of nitrogens with zero attached hydrogens (tertiary/aromatic N) is 1. The highest BCUT2D eigenvalue weighted by molar-refractivity contribution is 5.78. The first-order valence-electron chi connectivity index (χ1n) is 5.89. The van der Waals surface area contributed by atoms with Gasteiger partial charge in [-0.3, -0.25) is 9.69 Å². The third-order valence-electron chi connectivity index (χ3n) is 2.93. The zero-order valence-electron chi connectivity index (χ0n) is 9.83. The van der Waals surface area contributed by atoms with Gasteiger partial charge in [0.05, 0.1) is 6.54 Å². The molecule has 3 N–H and O–H groups in total. The summed E-state index contributed by atoms with van der Waals surface area (Å²) < 4.78 is 0. The summed E-state index contributed by atoms with van der Waals surface area (Å²) in [5.74, 6) is 0.124. The van der Waals surface area contributed by atoms with E-state index in [1.165, 1.54) is 0 Å². The molecular weight excluding hydrogens is 190 g/mol. The standard InChI is InChI=1S/C11H23N3O/c1-3-9(2)13-11(15)8-14-6-4-5-10(12)7-14/h9-10H,3-8,12H2,1-2H3,(H,13,15). The van der Waals surface area contributed by atoms with Gasteiger partial charge in [0.2, 0.25) is 5.91 Å². The van der Waals surface area contributed by atoms with Crippen LogP contribution in [0.4, 0.5) is 0 Å². The first-order chi connectivity index (χ1) is 7.11. The minimum absolute atomic E-state index is 0.124. The Balaban J connectivity index is 2.24. The Kier molecular flexibility index (Phi) is 5.05. The molecule has 0 radical (unpaired) electrons. The van der Waals surface area contributed by atoms with E-state index in [2.05, 4.69) is 17.1 Å². The molecule has 2 unspecified atom stereocenters. The van der Waals surface area contributed by atoms with E-state index in [4.69, 9.17) is 5.73 Å². The van der Waals surface area contributed by atoms with E-state index in [-0.39, 0.29) is 18.0 Å². The van der Waals surface area contributed by atoms with Gasteiger partial charge < -0.3 is 11.1 Å². The molecule has 15 heavy (non-hydrogen) atoms. The van der Waals surface area contributed by atoms with Gasteiger partial charge in [-0.2, -0.15) is 0 Å². The maximum atomic E-state index is 11.6. The smallest absolute Gasteiger partial charge is 0.234 e. The predicted molar refractivity (Wildman–Crippen MR) is 61.5 cm³/mol. The summed E-state index contributed by atoms with van der Waals surface area (Å²) in [6.07, 6.45) is 3.17. The van der Waals surface area contributed by atoms with Crippen molar-refractivity contribution < 1.29 is 4.79 Å². The molecule has 1 aliphatic rings. The molecule has 0 saturated carbocycles. The van der Waals surface area contributed by atoms with Crippen LogP contribution in [0.1, 0.15) is 33.1 Å². The van der Waals surface area contributed by atoms with E-state index in [0.717, 1.165) is 32.4 Å². The molecule has 0 aromatic heterocycles. The van der Waals surface area contributed by atoms with Crippen molar-refractivity contribution >= 4 is 5.91 Å². The molecule has 1 saturated heterocycles. The summed E-state index contributed by atoms with van der Waals surface area (Å²) in [6, 6.07) is 0.520. The molecule has 1 aliphatic heterocycles. The second kappa shape index (κ2) is 6.08. The highest BCUT2D eigenvalue weighted by Gasteiger charge is 2.18. The Labute approximate surface area is 92.2 Å². The van der Waals surface area contributed by atoms with E-state index in [0.29, 0.717) is 6.54 Å². The van der Waals surface area contributed by atoms with Crippen LogP contribution < -0.4 is 11.1 Å². The van der Waals surface area contributed by atoms with Crippen LogP contribution in [0, 0.1) is 0 Å². The van der Waals surface area contributed by atoms with Gasteiger partial charge in [0.15, 0.2) is 0 Å². The molecule has 88 valence electrons. The number of nitrogens with two attached hydrogens (primary N) is 1. The number of piperidine rings is 1. The average molecular weight is 213 g/mol. The van der Waals surface area contributed by atoms with E-state index < -0.39 is 0 Å². The Morgan fingerprint density at radius 1 is 1.67 bits per heavy atom. The second-order valence-corrected chi connectivity index (χ2v) is 4.51. The normalized spacial score (nSPS) is 24.9. The fourth-order valence-electron chi connectivity index (χ4n) is 1.86. The quantitative estimate of drug-likeness (QED) is 0.707. The third kappa shape index (κ3) is 4.62. The van der Waals surface area contributed by atoms with Crippen molar-refractivity contribution in [2.75, 3.05) is 19.6 Å². The maximum Gasteiger partial charge on any atom is 0.234 e. The number of nitrogens with one attached hydrogen (secondary N) is 1. The van der Waals surface area contributed by atoms with Crippen LogP contribution >= 0.6 is 0 Å². The van der Waals surface area contributed by atoms with E-state index in [1.54, 1.807) is 0 Å². The summed E-state index contributed by atoms with van der Waals surface area (Å²) >= 11 is 0. The Morgan fingerprint density at radius 3 is 3.00 bits per heavy atom. The SMILES string of the molecule is CCC(C)NC(=O)CN1CCCC(N)C1. The summed E-state index contributed by atoms with van der Waals surface area (Å²) in [4.78, 5) is 13.7. The van der Waals surface area contributed by atoms with Crippen LogP contribution in [-0.4, -0.2) is 42.5 Å². The molecule has 0 spiro atoms. The number of amides is 1. The summed E-state index contributed by atoms with van der Waals surface area (Å²) in [5, 5.41) is 2.97. The summed E-state index contributed by atoms with van der Waals surface area (Å²) in [7, 11) is 0. The third-order valence-corrected chi connectivity index (χ3v) is 2.93. The maximum absolute atomic E-state index is 11.6. The highest BCUT2D eigenvalue weighted by Crippen LogP contribution is 2.07. The van der Waals surface area contributed by atoms with Crippen molar-refractivity contribution in [2.24, 2.45) is 5.73 Å². The van der Waals surface area contributed by atoms with Crippen molar-refractivity contribution in [3.05, 3.63) is 0 Å². The van der Waals surface area contributed by atoms with Gasteiger partial charge in [-0.25, -0.2) is 0 Å². The van der Waals surface area contributed by atoms with Gasteiger partial charge in [-0.1, -0.05) is 6.92 Å². The lowest BCUT2D eigenvalue weighted by atomic mass is 10.1. The molecule has 0 bridgehead atoms. The van der Waals surface area contributed by atoms with Crippen molar-refractivity contribution in [2.45, 2.75) is 45.2 Å². The van der Waals surface area contributed by atoms with Crippen molar-refractivity contribution in [1.29, 1.82) is 0 Å². The number of rotatable bonds is 4. The van der Waals surface area contributed by atoms with Crippen molar-refractivity contribution in [3.8, 4) is 0 Å². The first kappa shape index (κ1) is 12.5. The molecule has 0 aliphatic carbocycles. The largest absolute Gasteiger partial charge is 0.353 e. The van der Waals surface area contributed by atoms with E-state index in [9.17, 15) is 4.79 Å². The zero-order valence-corrected chi connectivity index (χ0v) is 9.83. The van der Waals surface area contributed by atoms with Crippen LogP contribution in [-0.2, 0) is 4.79 Å².